The average molecular weight is 409 g/mol. The minimum absolute atomic E-state index is 0.0840. The number of nitrogens with one attached hydrogen (secondary N) is 1. The van der Waals surface area contributed by atoms with Crippen LogP contribution in [-0.2, 0) is 17.8 Å². The molecule has 1 amide bonds. The van der Waals surface area contributed by atoms with Gasteiger partial charge in [-0.05, 0) is 42.3 Å². The zero-order valence-corrected chi connectivity index (χ0v) is 16.8. The predicted octanol–water partition coefficient (Wildman–Crippen LogP) is 2.48. The van der Waals surface area contributed by atoms with Crippen molar-refractivity contribution in [1.82, 2.24) is 25.0 Å². The van der Waals surface area contributed by atoms with Crippen LogP contribution in [0.15, 0.2) is 48.5 Å². The van der Waals surface area contributed by atoms with Gasteiger partial charge >= 0.3 is 0 Å². The van der Waals surface area contributed by atoms with Gasteiger partial charge in [-0.25, -0.2) is 14.1 Å². The number of carbonyl (C=O) groups is 1. The van der Waals surface area contributed by atoms with E-state index in [1.54, 1.807) is 19.1 Å². The molecule has 0 spiro atoms. The first-order chi connectivity index (χ1) is 14.6. The van der Waals surface area contributed by atoms with E-state index >= 15 is 0 Å². The highest BCUT2D eigenvalue weighted by Gasteiger charge is 2.15. The predicted molar refractivity (Wildman–Crippen MR) is 110 cm³/mol. The summed E-state index contributed by atoms with van der Waals surface area (Å²) in [5.74, 6) is -0.0400. The molecule has 2 heterocycles. The topological polar surface area (TPSA) is 72.3 Å². The Labute approximate surface area is 174 Å². The molecule has 1 aliphatic heterocycles. The summed E-state index contributed by atoms with van der Waals surface area (Å²) >= 11 is 0. The minimum atomic E-state index is -0.351. The van der Waals surface area contributed by atoms with Crippen molar-refractivity contribution >= 4 is 5.91 Å². The van der Waals surface area contributed by atoms with E-state index in [2.05, 4.69) is 32.4 Å². The maximum atomic E-state index is 13.1. The van der Waals surface area contributed by atoms with Gasteiger partial charge in [-0.3, -0.25) is 9.69 Å². The third-order valence-electron chi connectivity index (χ3n) is 5.03. The van der Waals surface area contributed by atoms with E-state index in [0.29, 0.717) is 18.1 Å². The second kappa shape index (κ2) is 9.15. The molecule has 0 bridgehead atoms. The Morgan fingerprint density at radius 3 is 2.43 bits per heavy atom. The summed E-state index contributed by atoms with van der Waals surface area (Å²) in [6.07, 6.45) is 0. The third-order valence-corrected chi connectivity index (χ3v) is 5.03. The molecule has 0 aliphatic carbocycles. The van der Waals surface area contributed by atoms with Crippen molar-refractivity contribution < 1.29 is 13.9 Å². The van der Waals surface area contributed by atoms with Gasteiger partial charge in [0, 0.05) is 26.2 Å². The molecule has 0 saturated carbocycles. The molecule has 156 valence electrons. The number of amides is 1. The zero-order chi connectivity index (χ0) is 20.9. The second-order valence-electron chi connectivity index (χ2n) is 7.26. The van der Waals surface area contributed by atoms with Gasteiger partial charge in [-0.2, -0.15) is 0 Å². The van der Waals surface area contributed by atoms with Crippen LogP contribution in [0.4, 0.5) is 4.39 Å². The summed E-state index contributed by atoms with van der Waals surface area (Å²) in [5.41, 5.74) is 2.89. The van der Waals surface area contributed by atoms with Gasteiger partial charge in [0.25, 0.3) is 5.91 Å². The number of hydrogen-bond donors (Lipinski definition) is 1. The van der Waals surface area contributed by atoms with Crippen molar-refractivity contribution in [3.8, 4) is 5.69 Å². The smallest absolute Gasteiger partial charge is 0.291 e. The van der Waals surface area contributed by atoms with Crippen molar-refractivity contribution in [3.05, 3.63) is 77.1 Å². The fraction of sp³-hybridized carbons (Fsp3) is 0.318. The quantitative estimate of drug-likeness (QED) is 0.677. The first kappa shape index (κ1) is 20.2. The van der Waals surface area contributed by atoms with E-state index in [9.17, 15) is 9.18 Å². The summed E-state index contributed by atoms with van der Waals surface area (Å²) in [6.45, 7) is 6.52. The lowest BCUT2D eigenvalue weighted by Gasteiger charge is -2.26. The number of benzene rings is 2. The number of hydrogen-bond acceptors (Lipinski definition) is 5. The molecule has 1 saturated heterocycles. The molecule has 2 aromatic carbocycles. The summed E-state index contributed by atoms with van der Waals surface area (Å²) < 4.78 is 20.0. The lowest BCUT2D eigenvalue weighted by atomic mass is 10.1. The highest BCUT2D eigenvalue weighted by atomic mass is 19.1. The van der Waals surface area contributed by atoms with Crippen molar-refractivity contribution in [3.63, 3.8) is 0 Å². The molecular formula is C22H24FN5O2. The van der Waals surface area contributed by atoms with Crippen LogP contribution in [-0.4, -0.2) is 51.9 Å². The first-order valence-corrected chi connectivity index (χ1v) is 9.94. The van der Waals surface area contributed by atoms with E-state index in [0.717, 1.165) is 38.4 Å². The molecule has 0 atom stereocenters. The van der Waals surface area contributed by atoms with Crippen LogP contribution in [0.5, 0.6) is 0 Å². The van der Waals surface area contributed by atoms with Crippen LogP contribution in [0.2, 0.25) is 0 Å². The van der Waals surface area contributed by atoms with Crippen LogP contribution in [0.1, 0.15) is 27.6 Å². The Morgan fingerprint density at radius 2 is 1.73 bits per heavy atom. The zero-order valence-electron chi connectivity index (χ0n) is 16.8. The fourth-order valence-corrected chi connectivity index (χ4v) is 3.35. The van der Waals surface area contributed by atoms with E-state index in [1.165, 1.54) is 22.4 Å². The van der Waals surface area contributed by atoms with Crippen molar-refractivity contribution in [2.75, 3.05) is 26.3 Å². The van der Waals surface area contributed by atoms with Gasteiger partial charge < -0.3 is 10.1 Å². The number of morpholine rings is 1. The van der Waals surface area contributed by atoms with E-state index in [-0.39, 0.29) is 17.5 Å². The lowest BCUT2D eigenvalue weighted by Crippen LogP contribution is -2.35. The van der Waals surface area contributed by atoms with Crippen LogP contribution >= 0.6 is 0 Å². The molecule has 0 radical (unpaired) electrons. The van der Waals surface area contributed by atoms with Crippen LogP contribution in [0, 0.1) is 12.7 Å². The Morgan fingerprint density at radius 1 is 1.07 bits per heavy atom. The van der Waals surface area contributed by atoms with Gasteiger partial charge in [0.05, 0.1) is 18.9 Å². The SMILES string of the molecule is Cc1nc(C(=O)NCc2ccc(CN3CCOCC3)cc2)nn1-c1ccc(F)cc1. The number of aryl methyl sites for hydroxylation is 1. The largest absolute Gasteiger partial charge is 0.379 e. The molecule has 7 nitrogen and oxygen atoms in total. The molecule has 1 N–H and O–H groups in total. The van der Waals surface area contributed by atoms with Crippen molar-refractivity contribution in [1.29, 1.82) is 0 Å². The van der Waals surface area contributed by atoms with Crippen molar-refractivity contribution in [2.24, 2.45) is 0 Å². The lowest BCUT2D eigenvalue weighted by molar-refractivity contribution is 0.0342. The van der Waals surface area contributed by atoms with E-state index in [4.69, 9.17) is 4.74 Å². The number of aromatic nitrogens is 3. The van der Waals surface area contributed by atoms with Crippen molar-refractivity contribution in [2.45, 2.75) is 20.0 Å². The van der Waals surface area contributed by atoms with E-state index in [1.807, 2.05) is 12.1 Å². The number of halogens is 1. The van der Waals surface area contributed by atoms with Crippen LogP contribution < -0.4 is 5.32 Å². The van der Waals surface area contributed by atoms with Gasteiger partial charge in [-0.1, -0.05) is 24.3 Å². The van der Waals surface area contributed by atoms with Gasteiger partial charge in [0.15, 0.2) is 0 Å². The molecule has 1 aliphatic rings. The Kier molecular flexibility index (Phi) is 6.15. The molecule has 0 unspecified atom stereocenters. The Hall–Kier alpha value is -3.10. The minimum Gasteiger partial charge on any atom is -0.379 e. The average Bonchev–Trinajstić information content (AvgIpc) is 3.16. The van der Waals surface area contributed by atoms with Crippen LogP contribution in [0.25, 0.3) is 5.69 Å². The molecule has 4 rings (SSSR count). The highest BCUT2D eigenvalue weighted by Crippen LogP contribution is 2.12. The standard InChI is InChI=1S/C22H24FN5O2/c1-16-25-21(26-28(16)20-8-6-19(23)7-9-20)22(29)24-14-17-2-4-18(5-3-17)15-27-10-12-30-13-11-27/h2-9H,10-15H2,1H3,(H,24,29). The fourth-order valence-electron chi connectivity index (χ4n) is 3.35. The molecule has 3 aromatic rings. The maximum absolute atomic E-state index is 13.1. The summed E-state index contributed by atoms with van der Waals surface area (Å²) in [6, 6.07) is 14.1. The Balaban J connectivity index is 1.34. The molecule has 1 fully saturated rings. The second-order valence-corrected chi connectivity index (χ2v) is 7.26. The number of carbonyl (C=O) groups excluding carboxylic acids is 1. The highest BCUT2D eigenvalue weighted by molar-refractivity contribution is 5.90. The molecule has 8 heteroatoms. The van der Waals surface area contributed by atoms with Gasteiger partial charge in [0.2, 0.25) is 5.82 Å². The number of ether oxygens (including phenoxy) is 1. The summed E-state index contributed by atoms with van der Waals surface area (Å²) in [7, 11) is 0. The van der Waals surface area contributed by atoms with E-state index < -0.39 is 0 Å². The summed E-state index contributed by atoms with van der Waals surface area (Å²) in [5, 5.41) is 7.11. The Bertz CT molecular complexity index is 995. The van der Waals surface area contributed by atoms with Gasteiger partial charge in [-0.15, -0.1) is 5.10 Å². The molecule has 1 aromatic heterocycles. The maximum Gasteiger partial charge on any atom is 0.291 e. The monoisotopic (exact) mass is 409 g/mol. The van der Waals surface area contributed by atoms with Crippen LogP contribution in [0.3, 0.4) is 0 Å². The number of rotatable bonds is 6. The first-order valence-electron chi connectivity index (χ1n) is 9.94. The normalized spacial score (nSPS) is 14.6. The molecule has 30 heavy (non-hydrogen) atoms. The third kappa shape index (κ3) is 4.90. The number of nitrogens with zero attached hydrogens (tertiary/aromatic N) is 4. The summed E-state index contributed by atoms with van der Waals surface area (Å²) in [4.78, 5) is 19.1. The van der Waals surface area contributed by atoms with Gasteiger partial charge in [0.1, 0.15) is 11.6 Å². The molecular weight excluding hydrogens is 385 g/mol.